The summed E-state index contributed by atoms with van der Waals surface area (Å²) in [5.41, 5.74) is 13.4. The minimum Gasteiger partial charge on any atom is -0.401 e. The van der Waals surface area contributed by atoms with Crippen molar-refractivity contribution in [1.29, 1.82) is 0 Å². The number of allylic oxidation sites excluding steroid dienone is 2. The molecular weight excluding hydrogens is 136 g/mol. The normalized spacial score (nSPS) is 28.7. The van der Waals surface area contributed by atoms with Crippen LogP contribution in [0.2, 0.25) is 0 Å². The van der Waals surface area contributed by atoms with Crippen LogP contribution in [0.4, 0.5) is 0 Å². The van der Waals surface area contributed by atoms with Gasteiger partial charge in [-0.05, 0) is 25.7 Å². The van der Waals surface area contributed by atoms with E-state index >= 15 is 0 Å². The molecule has 2 heteroatoms. The first-order valence-electron chi connectivity index (χ1n) is 4.53. The molecule has 11 heavy (non-hydrogen) atoms. The van der Waals surface area contributed by atoms with E-state index in [9.17, 15) is 0 Å². The van der Waals surface area contributed by atoms with Gasteiger partial charge in [0.1, 0.15) is 0 Å². The molecule has 1 aliphatic rings. The lowest BCUT2D eigenvalue weighted by Gasteiger charge is -2.03. The highest BCUT2D eigenvalue weighted by molar-refractivity contribution is 5.07. The van der Waals surface area contributed by atoms with Crippen molar-refractivity contribution in [2.75, 3.05) is 0 Å². The van der Waals surface area contributed by atoms with Gasteiger partial charge < -0.3 is 11.5 Å². The van der Waals surface area contributed by atoms with Crippen molar-refractivity contribution in [1.82, 2.24) is 0 Å². The van der Waals surface area contributed by atoms with Crippen molar-refractivity contribution in [3.05, 3.63) is 11.4 Å². The van der Waals surface area contributed by atoms with Crippen LogP contribution in [-0.4, -0.2) is 0 Å². The number of rotatable bonds is 0. The molecule has 2 nitrogen and oxygen atoms in total. The highest BCUT2D eigenvalue weighted by atomic mass is 14.7. The smallest absolute Gasteiger partial charge is 0.0271 e. The fourth-order valence-electron chi connectivity index (χ4n) is 1.48. The summed E-state index contributed by atoms with van der Waals surface area (Å²) in [7, 11) is 0. The molecule has 0 unspecified atom stereocenters. The average molecular weight is 154 g/mol. The van der Waals surface area contributed by atoms with Gasteiger partial charge in [-0.1, -0.05) is 19.3 Å². The highest BCUT2D eigenvalue weighted by Crippen LogP contribution is 2.16. The molecule has 0 radical (unpaired) electrons. The molecule has 4 N–H and O–H groups in total. The Bertz CT molecular complexity index is 134. The molecule has 0 saturated heterocycles. The Labute approximate surface area is 68.6 Å². The van der Waals surface area contributed by atoms with Crippen molar-refractivity contribution in [3.8, 4) is 0 Å². The standard InChI is InChI=1S/C9H18N2/c10-8-6-4-2-1-3-5-7-9(8)11/h1-7,10-11H2/b9-8-. The van der Waals surface area contributed by atoms with Gasteiger partial charge in [0.05, 0.1) is 0 Å². The Morgan fingerprint density at radius 2 is 1.00 bits per heavy atom. The summed E-state index contributed by atoms with van der Waals surface area (Å²) in [5, 5.41) is 0. The third-order valence-corrected chi connectivity index (χ3v) is 2.30. The Morgan fingerprint density at radius 1 is 0.636 bits per heavy atom. The first-order chi connectivity index (χ1) is 5.30. The molecule has 0 saturated carbocycles. The Balaban J connectivity index is 2.47. The fourth-order valence-corrected chi connectivity index (χ4v) is 1.48. The largest absolute Gasteiger partial charge is 0.401 e. The maximum absolute atomic E-state index is 5.77. The number of nitrogens with two attached hydrogens (primary N) is 2. The van der Waals surface area contributed by atoms with Crippen molar-refractivity contribution in [2.24, 2.45) is 11.5 Å². The second-order valence-corrected chi connectivity index (χ2v) is 3.32. The minimum absolute atomic E-state index is 0.937. The van der Waals surface area contributed by atoms with Crippen molar-refractivity contribution >= 4 is 0 Å². The summed E-state index contributed by atoms with van der Waals surface area (Å²) in [4.78, 5) is 0. The lowest BCUT2D eigenvalue weighted by Crippen LogP contribution is -2.09. The lowest BCUT2D eigenvalue weighted by atomic mass is 10.1. The maximum atomic E-state index is 5.77. The van der Waals surface area contributed by atoms with Crippen LogP contribution in [0.15, 0.2) is 11.4 Å². The van der Waals surface area contributed by atoms with Crippen molar-refractivity contribution in [3.63, 3.8) is 0 Å². The van der Waals surface area contributed by atoms with Crippen LogP contribution in [0.5, 0.6) is 0 Å². The van der Waals surface area contributed by atoms with Crippen LogP contribution < -0.4 is 11.5 Å². The van der Waals surface area contributed by atoms with Gasteiger partial charge in [-0.2, -0.15) is 0 Å². The molecule has 1 rings (SSSR count). The van der Waals surface area contributed by atoms with Gasteiger partial charge in [-0.25, -0.2) is 0 Å². The number of hydrogen-bond acceptors (Lipinski definition) is 2. The van der Waals surface area contributed by atoms with E-state index in [4.69, 9.17) is 11.5 Å². The molecule has 0 aromatic heterocycles. The van der Waals surface area contributed by atoms with E-state index in [1.165, 1.54) is 32.1 Å². The zero-order valence-electron chi connectivity index (χ0n) is 7.10. The van der Waals surface area contributed by atoms with Crippen LogP contribution in [0, 0.1) is 0 Å². The molecule has 0 fully saturated rings. The van der Waals surface area contributed by atoms with Crippen molar-refractivity contribution < 1.29 is 0 Å². The SMILES string of the molecule is N/C1=C(\N)CCCCCCC1. The molecule has 0 bridgehead atoms. The molecule has 0 atom stereocenters. The van der Waals surface area contributed by atoms with Crippen LogP contribution in [0.1, 0.15) is 44.9 Å². The number of hydrogen-bond donors (Lipinski definition) is 2. The third kappa shape index (κ3) is 2.83. The van der Waals surface area contributed by atoms with E-state index in [-0.39, 0.29) is 0 Å². The van der Waals surface area contributed by atoms with E-state index in [1.807, 2.05) is 0 Å². The first-order valence-corrected chi connectivity index (χ1v) is 4.53. The predicted molar refractivity (Wildman–Crippen MR) is 47.7 cm³/mol. The van der Waals surface area contributed by atoms with Gasteiger partial charge in [0.2, 0.25) is 0 Å². The summed E-state index contributed by atoms with van der Waals surface area (Å²) in [6.07, 6.45) is 8.42. The van der Waals surface area contributed by atoms with E-state index in [2.05, 4.69) is 0 Å². The first kappa shape index (κ1) is 8.44. The molecule has 1 aliphatic carbocycles. The molecule has 0 aliphatic heterocycles. The van der Waals surface area contributed by atoms with E-state index < -0.39 is 0 Å². The molecule has 0 aromatic rings. The van der Waals surface area contributed by atoms with Gasteiger partial charge in [-0.15, -0.1) is 0 Å². The molecular formula is C9H18N2. The van der Waals surface area contributed by atoms with E-state index in [0.29, 0.717) is 0 Å². The monoisotopic (exact) mass is 154 g/mol. The van der Waals surface area contributed by atoms with Gasteiger partial charge >= 0.3 is 0 Å². The van der Waals surface area contributed by atoms with Gasteiger partial charge in [0.15, 0.2) is 0 Å². The quantitative estimate of drug-likeness (QED) is 0.559. The van der Waals surface area contributed by atoms with Gasteiger partial charge in [-0.3, -0.25) is 0 Å². The van der Waals surface area contributed by atoms with Crippen LogP contribution in [0.3, 0.4) is 0 Å². The third-order valence-electron chi connectivity index (χ3n) is 2.30. The summed E-state index contributed by atoms with van der Waals surface area (Å²) in [6, 6.07) is 0. The van der Waals surface area contributed by atoms with E-state index in [1.54, 1.807) is 0 Å². The molecule has 64 valence electrons. The molecule has 0 spiro atoms. The van der Waals surface area contributed by atoms with Crippen LogP contribution in [-0.2, 0) is 0 Å². The molecule has 0 amide bonds. The summed E-state index contributed by atoms with van der Waals surface area (Å²) in [5.74, 6) is 0. The van der Waals surface area contributed by atoms with Crippen LogP contribution >= 0.6 is 0 Å². The molecule has 0 aromatic carbocycles. The summed E-state index contributed by atoms with van der Waals surface area (Å²) in [6.45, 7) is 0. The van der Waals surface area contributed by atoms with Crippen molar-refractivity contribution in [2.45, 2.75) is 44.9 Å². The Morgan fingerprint density at radius 3 is 1.45 bits per heavy atom. The topological polar surface area (TPSA) is 52.0 Å². The predicted octanol–water partition coefficient (Wildman–Crippen LogP) is 1.86. The average Bonchev–Trinajstić information content (AvgIpc) is 2.07. The minimum atomic E-state index is 0.937. The lowest BCUT2D eigenvalue weighted by molar-refractivity contribution is 0.626. The van der Waals surface area contributed by atoms with Crippen LogP contribution in [0.25, 0.3) is 0 Å². The molecule has 0 heterocycles. The summed E-state index contributed by atoms with van der Waals surface area (Å²) >= 11 is 0. The van der Waals surface area contributed by atoms with E-state index in [0.717, 1.165) is 24.2 Å². The Hall–Kier alpha value is -0.660. The highest BCUT2D eigenvalue weighted by Gasteiger charge is 2.02. The Kier molecular flexibility index (Phi) is 3.27. The summed E-state index contributed by atoms with van der Waals surface area (Å²) < 4.78 is 0. The van der Waals surface area contributed by atoms with Gasteiger partial charge in [0, 0.05) is 11.4 Å². The maximum Gasteiger partial charge on any atom is 0.0271 e. The second kappa shape index (κ2) is 4.27. The second-order valence-electron chi connectivity index (χ2n) is 3.32. The zero-order valence-corrected chi connectivity index (χ0v) is 7.10. The fraction of sp³-hybridized carbons (Fsp3) is 0.778. The zero-order chi connectivity index (χ0) is 8.10. The van der Waals surface area contributed by atoms with Gasteiger partial charge in [0.25, 0.3) is 0 Å².